The summed E-state index contributed by atoms with van der Waals surface area (Å²) < 4.78 is 5.29. The summed E-state index contributed by atoms with van der Waals surface area (Å²) in [6.45, 7) is 3.39. The van der Waals surface area contributed by atoms with Gasteiger partial charge < -0.3 is 9.64 Å². The van der Waals surface area contributed by atoms with E-state index in [0.717, 1.165) is 18.3 Å². The predicted octanol–water partition coefficient (Wildman–Crippen LogP) is 3.35. The number of hydrogen-bond donors (Lipinski definition) is 0. The third-order valence-corrected chi connectivity index (χ3v) is 5.39. The smallest absolute Gasteiger partial charge is 0.118 e. The molecule has 2 rings (SSSR count). The van der Waals surface area contributed by atoms with Crippen LogP contribution < -0.4 is 4.74 Å². The first-order valence-corrected chi connectivity index (χ1v) is 8.05. The molecule has 1 aliphatic rings. The maximum atomic E-state index is 5.29. The van der Waals surface area contributed by atoms with Crippen molar-refractivity contribution in [3.8, 4) is 5.75 Å². The van der Waals surface area contributed by atoms with Crippen LogP contribution in [0.2, 0.25) is 0 Å². The molecule has 3 heteroatoms. The third kappa shape index (κ3) is 3.24. The summed E-state index contributed by atoms with van der Waals surface area (Å²) in [5, 5.41) is 0. The van der Waals surface area contributed by atoms with E-state index < -0.39 is 0 Å². The van der Waals surface area contributed by atoms with Gasteiger partial charge in [-0.2, -0.15) is 0 Å². The van der Waals surface area contributed by atoms with Crippen molar-refractivity contribution in [2.75, 3.05) is 34.8 Å². The molecule has 0 bridgehead atoms. The molecule has 3 nitrogen and oxygen atoms in total. The number of hydrogen-bond acceptors (Lipinski definition) is 3. The minimum atomic E-state index is 0.178. The fourth-order valence-electron chi connectivity index (χ4n) is 3.67. The molecular weight excluding hydrogens is 260 g/mol. The SMILES string of the molecule is CCN(C)C1CCC(c2ccc(OC)cc2)(N(C)C)CC1. The maximum Gasteiger partial charge on any atom is 0.118 e. The van der Waals surface area contributed by atoms with Gasteiger partial charge in [-0.25, -0.2) is 0 Å². The summed E-state index contributed by atoms with van der Waals surface area (Å²) in [7, 11) is 8.41. The lowest BCUT2D eigenvalue weighted by atomic mass is 9.73. The largest absolute Gasteiger partial charge is 0.497 e. The molecule has 0 aliphatic heterocycles. The molecule has 0 radical (unpaired) electrons. The van der Waals surface area contributed by atoms with Crippen LogP contribution in [0.4, 0.5) is 0 Å². The highest BCUT2D eigenvalue weighted by molar-refractivity contribution is 5.32. The number of methoxy groups -OCH3 is 1. The Labute approximate surface area is 129 Å². The number of benzene rings is 1. The lowest BCUT2D eigenvalue weighted by Crippen LogP contribution is -2.48. The predicted molar refractivity (Wildman–Crippen MR) is 88.9 cm³/mol. The number of ether oxygens (including phenoxy) is 1. The average Bonchev–Trinajstić information content (AvgIpc) is 2.54. The second-order valence-corrected chi connectivity index (χ2v) is 6.46. The highest BCUT2D eigenvalue weighted by Crippen LogP contribution is 2.42. The zero-order chi connectivity index (χ0) is 15.5. The standard InChI is InChI=1S/C18H30N2O/c1-6-20(4)16-11-13-18(14-12-16,19(2)3)15-7-9-17(21-5)10-8-15/h7-10,16H,6,11-14H2,1-5H3. The second-order valence-electron chi connectivity index (χ2n) is 6.46. The van der Waals surface area contributed by atoms with Crippen LogP contribution in [0, 0.1) is 0 Å². The van der Waals surface area contributed by atoms with Crippen molar-refractivity contribution >= 4 is 0 Å². The van der Waals surface area contributed by atoms with E-state index in [1.165, 1.54) is 31.2 Å². The molecule has 0 aromatic heterocycles. The van der Waals surface area contributed by atoms with E-state index in [4.69, 9.17) is 4.74 Å². The van der Waals surface area contributed by atoms with Gasteiger partial charge in [0.15, 0.2) is 0 Å². The summed E-state index contributed by atoms with van der Waals surface area (Å²) in [5.74, 6) is 0.937. The van der Waals surface area contributed by atoms with E-state index in [2.05, 4.69) is 62.1 Å². The van der Waals surface area contributed by atoms with Gasteiger partial charge in [-0.1, -0.05) is 19.1 Å². The van der Waals surface area contributed by atoms with Gasteiger partial charge in [0.05, 0.1) is 7.11 Å². The van der Waals surface area contributed by atoms with Crippen LogP contribution in [0.15, 0.2) is 24.3 Å². The Balaban J connectivity index is 2.19. The molecule has 21 heavy (non-hydrogen) atoms. The first-order valence-electron chi connectivity index (χ1n) is 8.05. The summed E-state index contributed by atoms with van der Waals surface area (Å²) in [5.41, 5.74) is 1.60. The zero-order valence-corrected chi connectivity index (χ0v) is 14.2. The van der Waals surface area contributed by atoms with Crippen molar-refractivity contribution < 1.29 is 4.74 Å². The molecule has 0 amide bonds. The van der Waals surface area contributed by atoms with E-state index in [-0.39, 0.29) is 5.54 Å². The van der Waals surface area contributed by atoms with Gasteiger partial charge in [0.1, 0.15) is 5.75 Å². The topological polar surface area (TPSA) is 15.7 Å². The minimum Gasteiger partial charge on any atom is -0.497 e. The Morgan fingerprint density at radius 1 is 1.10 bits per heavy atom. The summed E-state index contributed by atoms with van der Waals surface area (Å²) in [6, 6.07) is 9.39. The molecule has 0 N–H and O–H groups in total. The van der Waals surface area contributed by atoms with E-state index in [1.807, 2.05) is 0 Å². The lowest BCUT2D eigenvalue weighted by Gasteiger charge is -2.47. The van der Waals surface area contributed by atoms with Gasteiger partial charge in [0.25, 0.3) is 0 Å². The highest BCUT2D eigenvalue weighted by atomic mass is 16.5. The van der Waals surface area contributed by atoms with Crippen LogP contribution in [0.3, 0.4) is 0 Å². The number of nitrogens with zero attached hydrogens (tertiary/aromatic N) is 2. The molecule has 118 valence electrons. The third-order valence-electron chi connectivity index (χ3n) is 5.39. The Kier molecular flexibility index (Phi) is 5.28. The Hall–Kier alpha value is -1.06. The van der Waals surface area contributed by atoms with E-state index in [0.29, 0.717) is 0 Å². The zero-order valence-electron chi connectivity index (χ0n) is 14.2. The summed E-state index contributed by atoms with van der Waals surface area (Å²) in [6.07, 6.45) is 4.99. The van der Waals surface area contributed by atoms with Crippen molar-refractivity contribution in [3.63, 3.8) is 0 Å². The van der Waals surface area contributed by atoms with Crippen molar-refractivity contribution in [1.29, 1.82) is 0 Å². The van der Waals surface area contributed by atoms with Crippen LogP contribution in [0.25, 0.3) is 0 Å². The molecule has 0 unspecified atom stereocenters. The van der Waals surface area contributed by atoms with Gasteiger partial charge in [0.2, 0.25) is 0 Å². The average molecular weight is 290 g/mol. The molecule has 1 saturated carbocycles. The van der Waals surface area contributed by atoms with E-state index >= 15 is 0 Å². The Bertz CT molecular complexity index is 433. The van der Waals surface area contributed by atoms with Crippen molar-refractivity contribution in [2.45, 2.75) is 44.2 Å². The van der Waals surface area contributed by atoms with Crippen molar-refractivity contribution in [1.82, 2.24) is 9.80 Å². The molecule has 0 atom stereocenters. The van der Waals surface area contributed by atoms with Gasteiger partial charge in [-0.3, -0.25) is 4.90 Å². The number of rotatable bonds is 5. The fourth-order valence-corrected chi connectivity index (χ4v) is 3.67. The van der Waals surface area contributed by atoms with Crippen LogP contribution in [-0.4, -0.2) is 50.6 Å². The normalized spacial score (nSPS) is 26.3. The molecular formula is C18H30N2O. The van der Waals surface area contributed by atoms with Crippen LogP contribution in [0.1, 0.15) is 38.2 Å². The van der Waals surface area contributed by atoms with Gasteiger partial charge in [-0.15, -0.1) is 0 Å². The molecule has 0 spiro atoms. The molecule has 1 aromatic rings. The van der Waals surface area contributed by atoms with E-state index in [9.17, 15) is 0 Å². The first-order chi connectivity index (χ1) is 10.0. The molecule has 1 aromatic carbocycles. The fraction of sp³-hybridized carbons (Fsp3) is 0.667. The Morgan fingerprint density at radius 3 is 2.10 bits per heavy atom. The molecule has 1 aliphatic carbocycles. The van der Waals surface area contributed by atoms with Gasteiger partial charge >= 0.3 is 0 Å². The lowest BCUT2D eigenvalue weighted by molar-refractivity contribution is 0.0588. The Morgan fingerprint density at radius 2 is 1.67 bits per heavy atom. The summed E-state index contributed by atoms with van der Waals surface area (Å²) >= 11 is 0. The van der Waals surface area contributed by atoms with Crippen molar-refractivity contribution in [3.05, 3.63) is 29.8 Å². The first kappa shape index (κ1) is 16.3. The van der Waals surface area contributed by atoms with Crippen LogP contribution in [-0.2, 0) is 5.54 Å². The molecule has 1 fully saturated rings. The van der Waals surface area contributed by atoms with Crippen molar-refractivity contribution in [2.24, 2.45) is 0 Å². The maximum absolute atomic E-state index is 5.29. The van der Waals surface area contributed by atoms with Gasteiger partial charge in [-0.05, 0) is 71.1 Å². The second kappa shape index (κ2) is 6.80. The van der Waals surface area contributed by atoms with E-state index in [1.54, 1.807) is 7.11 Å². The minimum absolute atomic E-state index is 0.178. The summed E-state index contributed by atoms with van der Waals surface area (Å²) in [4.78, 5) is 4.91. The van der Waals surface area contributed by atoms with Crippen LogP contribution in [0.5, 0.6) is 5.75 Å². The highest BCUT2D eigenvalue weighted by Gasteiger charge is 2.39. The quantitative estimate of drug-likeness (QED) is 0.827. The van der Waals surface area contributed by atoms with Gasteiger partial charge in [0, 0.05) is 11.6 Å². The molecule has 0 saturated heterocycles. The van der Waals surface area contributed by atoms with Crippen LogP contribution >= 0.6 is 0 Å². The molecule has 0 heterocycles. The monoisotopic (exact) mass is 290 g/mol.